The van der Waals surface area contributed by atoms with Crippen molar-refractivity contribution in [3.8, 4) is 5.75 Å². The first-order valence-corrected chi connectivity index (χ1v) is 8.94. The Kier molecular flexibility index (Phi) is 11.7. The van der Waals surface area contributed by atoms with E-state index in [1.807, 2.05) is 24.3 Å². The predicted octanol–water partition coefficient (Wildman–Crippen LogP) is 0.846. The standard InChI is InChI=1S/C18H27N3O4.2ClH/c22-18(17-14-19-5-9-24-17)20-13-15-3-1-2-4-16(15)25-12-8-21-6-10-23-11-7-21;;/h1-4,17,19H,5-14H2,(H,20,22);2*1H. The lowest BCUT2D eigenvalue weighted by Crippen LogP contribution is -2.47. The van der Waals surface area contributed by atoms with Crippen LogP contribution in [0.3, 0.4) is 0 Å². The third-order valence-electron chi connectivity index (χ3n) is 4.41. The lowest BCUT2D eigenvalue weighted by Gasteiger charge is -2.26. The maximum atomic E-state index is 12.2. The van der Waals surface area contributed by atoms with Crippen LogP contribution in [0.1, 0.15) is 5.56 Å². The first-order valence-electron chi connectivity index (χ1n) is 8.94. The highest BCUT2D eigenvalue weighted by Crippen LogP contribution is 2.18. The van der Waals surface area contributed by atoms with Gasteiger partial charge in [0.05, 0.1) is 19.8 Å². The van der Waals surface area contributed by atoms with E-state index in [1.165, 1.54) is 0 Å². The highest BCUT2D eigenvalue weighted by Gasteiger charge is 2.21. The van der Waals surface area contributed by atoms with Gasteiger partial charge in [0, 0.05) is 44.8 Å². The minimum atomic E-state index is -0.414. The zero-order valence-electron chi connectivity index (χ0n) is 15.4. The average Bonchev–Trinajstić information content (AvgIpc) is 2.68. The molecule has 2 aliphatic heterocycles. The topological polar surface area (TPSA) is 72.1 Å². The molecular formula is C18H29Cl2N3O4. The molecule has 1 aromatic rings. The van der Waals surface area contributed by atoms with Crippen molar-refractivity contribution in [3.63, 3.8) is 0 Å². The number of benzene rings is 1. The number of nitrogens with one attached hydrogen (secondary N) is 2. The van der Waals surface area contributed by atoms with E-state index in [0.29, 0.717) is 26.3 Å². The van der Waals surface area contributed by atoms with Gasteiger partial charge in [0.15, 0.2) is 0 Å². The Bertz CT molecular complexity index is 553. The molecule has 9 heteroatoms. The van der Waals surface area contributed by atoms with Crippen molar-refractivity contribution in [1.29, 1.82) is 0 Å². The van der Waals surface area contributed by atoms with E-state index in [-0.39, 0.29) is 30.7 Å². The molecule has 3 rings (SSSR count). The molecule has 27 heavy (non-hydrogen) atoms. The van der Waals surface area contributed by atoms with Crippen LogP contribution in [-0.2, 0) is 20.8 Å². The van der Waals surface area contributed by atoms with E-state index >= 15 is 0 Å². The zero-order valence-corrected chi connectivity index (χ0v) is 17.0. The van der Waals surface area contributed by atoms with Gasteiger partial charge in [0.25, 0.3) is 5.91 Å². The second kappa shape index (κ2) is 13.1. The fraction of sp³-hybridized carbons (Fsp3) is 0.611. The average molecular weight is 422 g/mol. The molecular weight excluding hydrogens is 393 g/mol. The Hall–Kier alpha value is -1.09. The number of nitrogens with zero attached hydrogens (tertiary/aromatic N) is 1. The first-order chi connectivity index (χ1) is 12.3. The Morgan fingerprint density at radius 3 is 2.74 bits per heavy atom. The second-order valence-corrected chi connectivity index (χ2v) is 6.19. The van der Waals surface area contributed by atoms with Crippen LogP contribution in [0.2, 0.25) is 0 Å². The molecule has 0 aromatic heterocycles. The van der Waals surface area contributed by atoms with Gasteiger partial charge in [0.2, 0.25) is 0 Å². The SMILES string of the molecule is Cl.Cl.O=C(NCc1ccccc1OCCN1CCOCC1)C1CNCCO1. The highest BCUT2D eigenvalue weighted by atomic mass is 35.5. The molecule has 1 amide bonds. The summed E-state index contributed by atoms with van der Waals surface area (Å²) in [5.74, 6) is 0.731. The highest BCUT2D eigenvalue weighted by molar-refractivity contribution is 5.85. The smallest absolute Gasteiger partial charge is 0.250 e. The summed E-state index contributed by atoms with van der Waals surface area (Å²) in [5.41, 5.74) is 0.974. The molecule has 0 spiro atoms. The molecule has 2 fully saturated rings. The predicted molar refractivity (Wildman–Crippen MR) is 108 cm³/mol. The molecule has 1 unspecified atom stereocenters. The minimum Gasteiger partial charge on any atom is -0.492 e. The van der Waals surface area contributed by atoms with E-state index in [2.05, 4.69) is 15.5 Å². The van der Waals surface area contributed by atoms with Crippen LogP contribution >= 0.6 is 24.8 Å². The van der Waals surface area contributed by atoms with Crippen molar-refractivity contribution >= 4 is 30.7 Å². The molecule has 0 saturated carbocycles. The van der Waals surface area contributed by atoms with Crippen molar-refractivity contribution in [2.24, 2.45) is 0 Å². The van der Waals surface area contributed by atoms with Gasteiger partial charge in [0.1, 0.15) is 18.5 Å². The van der Waals surface area contributed by atoms with Gasteiger partial charge in [-0.25, -0.2) is 0 Å². The van der Waals surface area contributed by atoms with Gasteiger partial charge in [-0.05, 0) is 6.07 Å². The normalized spacial score (nSPS) is 20.1. The van der Waals surface area contributed by atoms with Crippen LogP contribution in [0.15, 0.2) is 24.3 Å². The Labute approximate surface area is 172 Å². The number of ether oxygens (including phenoxy) is 3. The van der Waals surface area contributed by atoms with Crippen molar-refractivity contribution in [2.75, 3.05) is 59.2 Å². The summed E-state index contributed by atoms with van der Waals surface area (Å²) in [5, 5.41) is 6.10. The van der Waals surface area contributed by atoms with Gasteiger partial charge in [-0.1, -0.05) is 18.2 Å². The molecule has 2 aliphatic rings. The van der Waals surface area contributed by atoms with Crippen molar-refractivity contribution in [3.05, 3.63) is 29.8 Å². The van der Waals surface area contributed by atoms with Crippen LogP contribution in [0, 0.1) is 0 Å². The second-order valence-electron chi connectivity index (χ2n) is 6.19. The van der Waals surface area contributed by atoms with E-state index < -0.39 is 6.10 Å². The van der Waals surface area contributed by atoms with E-state index in [9.17, 15) is 4.79 Å². The summed E-state index contributed by atoms with van der Waals surface area (Å²) in [4.78, 5) is 14.5. The lowest BCUT2D eigenvalue weighted by atomic mass is 10.2. The number of hydrogen-bond acceptors (Lipinski definition) is 6. The van der Waals surface area contributed by atoms with E-state index in [1.54, 1.807) is 0 Å². The number of carbonyl (C=O) groups is 1. The molecule has 2 heterocycles. The molecule has 0 bridgehead atoms. The van der Waals surface area contributed by atoms with E-state index in [0.717, 1.165) is 50.7 Å². The van der Waals surface area contributed by atoms with Crippen LogP contribution < -0.4 is 15.4 Å². The van der Waals surface area contributed by atoms with Crippen LogP contribution in [-0.4, -0.2) is 76.1 Å². The summed E-state index contributed by atoms with van der Waals surface area (Å²) in [7, 11) is 0. The van der Waals surface area contributed by atoms with E-state index in [4.69, 9.17) is 14.2 Å². The number of rotatable bonds is 7. The van der Waals surface area contributed by atoms with Gasteiger partial charge < -0.3 is 24.8 Å². The number of hydrogen-bond donors (Lipinski definition) is 2. The summed E-state index contributed by atoms with van der Waals surface area (Å²) in [6.45, 7) is 7.36. The van der Waals surface area contributed by atoms with Crippen LogP contribution in [0.4, 0.5) is 0 Å². The Morgan fingerprint density at radius 1 is 1.22 bits per heavy atom. The molecule has 0 radical (unpaired) electrons. The quantitative estimate of drug-likeness (QED) is 0.679. The number of morpholine rings is 2. The van der Waals surface area contributed by atoms with Gasteiger partial charge >= 0.3 is 0 Å². The largest absolute Gasteiger partial charge is 0.492 e. The number of para-hydroxylation sites is 1. The number of amides is 1. The van der Waals surface area contributed by atoms with Crippen LogP contribution in [0.5, 0.6) is 5.75 Å². The third-order valence-corrected chi connectivity index (χ3v) is 4.41. The molecule has 7 nitrogen and oxygen atoms in total. The summed E-state index contributed by atoms with van der Waals surface area (Å²) in [6, 6.07) is 7.82. The van der Waals surface area contributed by atoms with Crippen LogP contribution in [0.25, 0.3) is 0 Å². The molecule has 154 valence electrons. The van der Waals surface area contributed by atoms with Crippen molar-refractivity contribution in [1.82, 2.24) is 15.5 Å². The zero-order chi connectivity index (χ0) is 17.3. The summed E-state index contributed by atoms with van der Waals surface area (Å²) in [6.07, 6.45) is -0.414. The van der Waals surface area contributed by atoms with Gasteiger partial charge in [-0.3, -0.25) is 9.69 Å². The monoisotopic (exact) mass is 421 g/mol. The fourth-order valence-electron chi connectivity index (χ4n) is 2.93. The summed E-state index contributed by atoms with van der Waals surface area (Å²) >= 11 is 0. The molecule has 2 N–H and O–H groups in total. The molecule has 1 aromatic carbocycles. The third kappa shape index (κ3) is 7.81. The maximum absolute atomic E-state index is 12.2. The van der Waals surface area contributed by atoms with Crippen molar-refractivity contribution < 1.29 is 19.0 Å². The first kappa shape index (κ1) is 23.9. The number of halogens is 2. The van der Waals surface area contributed by atoms with Gasteiger partial charge in [-0.15, -0.1) is 24.8 Å². The Morgan fingerprint density at radius 2 is 2.00 bits per heavy atom. The molecule has 1 atom stereocenters. The van der Waals surface area contributed by atoms with Gasteiger partial charge in [-0.2, -0.15) is 0 Å². The molecule has 2 saturated heterocycles. The Balaban J connectivity index is 0.00000182. The lowest BCUT2D eigenvalue weighted by molar-refractivity contribution is -0.134. The number of carbonyl (C=O) groups excluding carboxylic acids is 1. The fourth-order valence-corrected chi connectivity index (χ4v) is 2.93. The summed E-state index contributed by atoms with van der Waals surface area (Å²) < 4.78 is 16.8. The maximum Gasteiger partial charge on any atom is 0.250 e. The molecule has 0 aliphatic carbocycles. The van der Waals surface area contributed by atoms with Crippen molar-refractivity contribution in [2.45, 2.75) is 12.6 Å². The minimum absolute atomic E-state index is 0.